The van der Waals surface area contributed by atoms with Crippen LogP contribution in [-0.2, 0) is 18.4 Å². The van der Waals surface area contributed by atoms with Crippen molar-refractivity contribution in [2.45, 2.75) is 46.1 Å². The van der Waals surface area contributed by atoms with Crippen LogP contribution in [0.15, 0.2) is 33.8 Å². The highest BCUT2D eigenvalue weighted by Gasteiger charge is 2.19. The molecular formula is C21H33IN4O3. The molecule has 0 bridgehead atoms. The zero-order valence-corrected chi connectivity index (χ0v) is 20.5. The predicted octanol–water partition coefficient (Wildman–Crippen LogP) is 3.91. The molecule has 0 saturated carbocycles. The molecule has 0 spiro atoms. The molecule has 0 unspecified atom stereocenters. The summed E-state index contributed by atoms with van der Waals surface area (Å²) in [7, 11) is 3.33. The van der Waals surface area contributed by atoms with Crippen molar-refractivity contribution in [1.29, 1.82) is 0 Å². The number of aromatic nitrogens is 1. The fourth-order valence-electron chi connectivity index (χ4n) is 2.61. The number of aliphatic imine (C=N–C) groups is 1. The van der Waals surface area contributed by atoms with Gasteiger partial charge < -0.3 is 24.5 Å². The number of rotatable bonds is 8. The number of hydrogen-bond acceptors (Lipinski definition) is 5. The van der Waals surface area contributed by atoms with Crippen LogP contribution >= 0.6 is 24.0 Å². The minimum absolute atomic E-state index is 0. The van der Waals surface area contributed by atoms with Gasteiger partial charge in [-0.15, -0.1) is 24.0 Å². The van der Waals surface area contributed by atoms with E-state index >= 15 is 0 Å². The summed E-state index contributed by atoms with van der Waals surface area (Å²) in [5.41, 5.74) is 1.01. The first-order chi connectivity index (χ1) is 13.4. The van der Waals surface area contributed by atoms with Crippen molar-refractivity contribution >= 4 is 29.9 Å². The van der Waals surface area contributed by atoms with Gasteiger partial charge in [-0.2, -0.15) is 0 Å². The second-order valence-electron chi connectivity index (χ2n) is 7.42. The van der Waals surface area contributed by atoms with Crippen LogP contribution in [0.2, 0.25) is 0 Å². The third-order valence-corrected chi connectivity index (χ3v) is 4.18. The maximum Gasteiger partial charge on any atom is 0.216 e. The van der Waals surface area contributed by atoms with Gasteiger partial charge in [0.2, 0.25) is 5.89 Å². The molecule has 162 valence electrons. The summed E-state index contributed by atoms with van der Waals surface area (Å²) < 4.78 is 16.5. The van der Waals surface area contributed by atoms with Crippen molar-refractivity contribution in [2.75, 3.05) is 27.3 Å². The zero-order chi connectivity index (χ0) is 20.6. The molecule has 0 fully saturated rings. The van der Waals surface area contributed by atoms with Gasteiger partial charge in [-0.05, 0) is 37.1 Å². The number of halogens is 1. The monoisotopic (exact) mass is 516 g/mol. The lowest BCUT2D eigenvalue weighted by Gasteiger charge is -2.14. The summed E-state index contributed by atoms with van der Waals surface area (Å²) in [6.07, 6.45) is 2.55. The average Bonchev–Trinajstić information content (AvgIpc) is 3.15. The number of hydrogen-bond donors (Lipinski definition) is 2. The topological polar surface area (TPSA) is 80.9 Å². The number of ether oxygens (including phenoxy) is 2. The lowest BCUT2D eigenvalue weighted by molar-refractivity contribution is 0.383. The highest BCUT2D eigenvalue weighted by molar-refractivity contribution is 14.0. The molecule has 0 amide bonds. The SMILES string of the molecule is CCNC(=NCc1ncc(C(C)(C)C)o1)NCCc1cc(OC)ccc1OC.I. The van der Waals surface area contributed by atoms with Crippen LogP contribution in [0.4, 0.5) is 0 Å². The van der Waals surface area contributed by atoms with E-state index in [1.54, 1.807) is 20.4 Å². The van der Waals surface area contributed by atoms with Gasteiger partial charge >= 0.3 is 0 Å². The van der Waals surface area contributed by atoms with Gasteiger partial charge in [0.1, 0.15) is 23.8 Å². The molecule has 0 atom stereocenters. The lowest BCUT2D eigenvalue weighted by atomic mass is 9.94. The fourth-order valence-corrected chi connectivity index (χ4v) is 2.61. The molecule has 0 aliphatic rings. The Bertz CT molecular complexity index is 784. The van der Waals surface area contributed by atoms with Crippen molar-refractivity contribution in [2.24, 2.45) is 4.99 Å². The molecule has 0 saturated heterocycles. The summed E-state index contributed by atoms with van der Waals surface area (Å²) in [6.45, 7) is 10.2. The van der Waals surface area contributed by atoms with Crippen molar-refractivity contribution in [3.8, 4) is 11.5 Å². The molecule has 0 radical (unpaired) electrons. The fraction of sp³-hybridized carbons (Fsp3) is 0.524. The molecule has 0 aliphatic carbocycles. The van der Waals surface area contributed by atoms with E-state index in [0.29, 0.717) is 19.0 Å². The third-order valence-electron chi connectivity index (χ3n) is 4.18. The molecule has 8 heteroatoms. The smallest absolute Gasteiger partial charge is 0.216 e. The van der Waals surface area contributed by atoms with E-state index in [0.717, 1.165) is 41.7 Å². The second kappa shape index (κ2) is 11.9. The van der Waals surface area contributed by atoms with Crippen LogP contribution in [0.25, 0.3) is 0 Å². The number of benzene rings is 1. The highest BCUT2D eigenvalue weighted by Crippen LogP contribution is 2.24. The normalized spacial score (nSPS) is 11.6. The van der Waals surface area contributed by atoms with Crippen LogP contribution in [0.1, 0.15) is 44.9 Å². The zero-order valence-electron chi connectivity index (χ0n) is 18.2. The van der Waals surface area contributed by atoms with Gasteiger partial charge in [0.25, 0.3) is 0 Å². The van der Waals surface area contributed by atoms with E-state index in [1.807, 2.05) is 25.1 Å². The van der Waals surface area contributed by atoms with E-state index < -0.39 is 0 Å². The highest BCUT2D eigenvalue weighted by atomic mass is 127. The summed E-state index contributed by atoms with van der Waals surface area (Å²) in [5.74, 6) is 3.85. The lowest BCUT2D eigenvalue weighted by Crippen LogP contribution is -2.38. The number of methoxy groups -OCH3 is 2. The maximum absolute atomic E-state index is 5.80. The van der Waals surface area contributed by atoms with E-state index in [9.17, 15) is 0 Å². The molecule has 29 heavy (non-hydrogen) atoms. The quantitative estimate of drug-likeness (QED) is 0.315. The van der Waals surface area contributed by atoms with Crippen molar-refractivity contribution < 1.29 is 13.9 Å². The average molecular weight is 516 g/mol. The summed E-state index contributed by atoms with van der Waals surface area (Å²) >= 11 is 0. The standard InChI is InChI=1S/C21H32N4O3.HI/c1-7-22-20(25-14-19-24-13-18(28-19)21(2,3)4)23-11-10-15-12-16(26-5)8-9-17(15)27-6;/h8-9,12-13H,7,10-11,14H2,1-6H3,(H2,22,23,25);1H. The first kappa shape index (κ1) is 25.1. The van der Waals surface area contributed by atoms with Crippen molar-refractivity contribution in [1.82, 2.24) is 15.6 Å². The van der Waals surface area contributed by atoms with Crippen molar-refractivity contribution in [3.63, 3.8) is 0 Å². The first-order valence-corrected chi connectivity index (χ1v) is 9.55. The molecule has 2 rings (SSSR count). The van der Waals surface area contributed by atoms with E-state index in [4.69, 9.17) is 13.9 Å². The van der Waals surface area contributed by atoms with Gasteiger partial charge in [-0.25, -0.2) is 9.98 Å². The largest absolute Gasteiger partial charge is 0.497 e. The van der Waals surface area contributed by atoms with Crippen LogP contribution in [0, 0.1) is 0 Å². The minimum Gasteiger partial charge on any atom is -0.497 e. The third kappa shape index (κ3) is 7.75. The number of oxazole rings is 1. The molecule has 2 aromatic rings. The predicted molar refractivity (Wildman–Crippen MR) is 127 cm³/mol. The molecule has 0 aliphatic heterocycles. The van der Waals surface area contributed by atoms with Crippen molar-refractivity contribution in [3.05, 3.63) is 41.6 Å². The van der Waals surface area contributed by atoms with Gasteiger partial charge in [0.15, 0.2) is 5.96 Å². The Kier molecular flexibility index (Phi) is 10.3. The van der Waals surface area contributed by atoms with Crippen LogP contribution < -0.4 is 20.1 Å². The van der Waals surface area contributed by atoms with E-state index in [-0.39, 0.29) is 29.4 Å². The minimum atomic E-state index is -0.0620. The van der Waals surface area contributed by atoms with Gasteiger partial charge in [-0.1, -0.05) is 20.8 Å². The Balaban J connectivity index is 0.00000420. The summed E-state index contributed by atoms with van der Waals surface area (Å²) in [4.78, 5) is 8.89. The Hall–Kier alpha value is -1.97. The van der Waals surface area contributed by atoms with E-state index in [1.165, 1.54) is 0 Å². The number of guanidine groups is 1. The molecule has 2 N–H and O–H groups in total. The Labute approximate surface area is 190 Å². The van der Waals surface area contributed by atoms with Crippen LogP contribution in [0.3, 0.4) is 0 Å². The Morgan fingerprint density at radius 3 is 2.52 bits per heavy atom. The van der Waals surface area contributed by atoms with E-state index in [2.05, 4.69) is 41.4 Å². The van der Waals surface area contributed by atoms with Gasteiger partial charge in [0.05, 0.1) is 20.4 Å². The Morgan fingerprint density at radius 1 is 1.17 bits per heavy atom. The van der Waals surface area contributed by atoms with Gasteiger partial charge in [0, 0.05) is 18.5 Å². The second-order valence-corrected chi connectivity index (χ2v) is 7.42. The van der Waals surface area contributed by atoms with Crippen LogP contribution in [0.5, 0.6) is 11.5 Å². The Morgan fingerprint density at radius 2 is 1.93 bits per heavy atom. The first-order valence-electron chi connectivity index (χ1n) is 9.55. The van der Waals surface area contributed by atoms with Gasteiger partial charge in [-0.3, -0.25) is 0 Å². The molecule has 1 aromatic carbocycles. The molecular weight excluding hydrogens is 483 g/mol. The molecule has 7 nitrogen and oxygen atoms in total. The summed E-state index contributed by atoms with van der Waals surface area (Å²) in [6, 6.07) is 5.80. The molecule has 1 aromatic heterocycles. The number of nitrogens with zero attached hydrogens (tertiary/aromatic N) is 2. The van der Waals surface area contributed by atoms with Crippen LogP contribution in [-0.4, -0.2) is 38.3 Å². The summed E-state index contributed by atoms with van der Waals surface area (Å²) in [5, 5.41) is 6.58. The molecule has 1 heterocycles. The number of nitrogens with one attached hydrogen (secondary N) is 2. The maximum atomic E-state index is 5.80.